The summed E-state index contributed by atoms with van der Waals surface area (Å²) in [6.45, 7) is 5.56. The minimum absolute atomic E-state index is 0.671. The van der Waals surface area contributed by atoms with Crippen LogP contribution in [0.3, 0.4) is 0 Å². The third-order valence-corrected chi connectivity index (χ3v) is 4.33. The first-order chi connectivity index (χ1) is 8.22. The van der Waals surface area contributed by atoms with Gasteiger partial charge in [-0.1, -0.05) is 20.3 Å². The van der Waals surface area contributed by atoms with Crippen LogP contribution in [0.2, 0.25) is 0 Å². The summed E-state index contributed by atoms with van der Waals surface area (Å²) in [5.41, 5.74) is 0. The SMILES string of the molecule is CC(C)Cn1ccnc1NC1CC2CCC1C2. The normalized spacial score (nSPS) is 31.4. The number of fused-ring (bicyclic) bond motifs is 2. The van der Waals surface area contributed by atoms with E-state index in [0.29, 0.717) is 12.0 Å². The van der Waals surface area contributed by atoms with Crippen LogP contribution in [0, 0.1) is 17.8 Å². The molecule has 1 aromatic rings. The van der Waals surface area contributed by atoms with Gasteiger partial charge in [-0.25, -0.2) is 4.98 Å². The molecule has 0 amide bonds. The van der Waals surface area contributed by atoms with Crippen LogP contribution in [0.1, 0.15) is 39.5 Å². The Morgan fingerprint density at radius 1 is 1.41 bits per heavy atom. The molecule has 3 rings (SSSR count). The molecule has 17 heavy (non-hydrogen) atoms. The molecule has 3 unspecified atom stereocenters. The van der Waals surface area contributed by atoms with E-state index in [1.54, 1.807) is 0 Å². The molecular formula is C14H23N3. The van der Waals surface area contributed by atoms with Gasteiger partial charge < -0.3 is 9.88 Å². The Balaban J connectivity index is 1.67. The van der Waals surface area contributed by atoms with Crippen molar-refractivity contribution in [2.75, 3.05) is 5.32 Å². The van der Waals surface area contributed by atoms with Crippen molar-refractivity contribution in [2.24, 2.45) is 17.8 Å². The Morgan fingerprint density at radius 2 is 2.29 bits per heavy atom. The van der Waals surface area contributed by atoms with E-state index in [2.05, 4.69) is 34.9 Å². The highest BCUT2D eigenvalue weighted by Gasteiger charge is 2.39. The second-order valence-corrected chi connectivity index (χ2v) is 6.22. The van der Waals surface area contributed by atoms with E-state index < -0.39 is 0 Å². The van der Waals surface area contributed by atoms with Crippen LogP contribution < -0.4 is 5.32 Å². The summed E-state index contributed by atoms with van der Waals surface area (Å²) >= 11 is 0. The average molecular weight is 233 g/mol. The van der Waals surface area contributed by atoms with Crippen LogP contribution in [0.15, 0.2) is 12.4 Å². The van der Waals surface area contributed by atoms with Crippen molar-refractivity contribution in [3.8, 4) is 0 Å². The summed E-state index contributed by atoms with van der Waals surface area (Å²) in [6, 6.07) is 0.682. The van der Waals surface area contributed by atoms with Crippen LogP contribution in [0.25, 0.3) is 0 Å². The van der Waals surface area contributed by atoms with Gasteiger partial charge in [-0.2, -0.15) is 0 Å². The zero-order valence-corrected chi connectivity index (χ0v) is 10.9. The maximum absolute atomic E-state index is 4.47. The van der Waals surface area contributed by atoms with Crippen molar-refractivity contribution >= 4 is 5.95 Å². The minimum atomic E-state index is 0.671. The first-order valence-corrected chi connectivity index (χ1v) is 7.00. The van der Waals surface area contributed by atoms with Crippen molar-refractivity contribution in [1.29, 1.82) is 0 Å². The fourth-order valence-electron chi connectivity index (χ4n) is 3.58. The number of aromatic nitrogens is 2. The summed E-state index contributed by atoms with van der Waals surface area (Å²) in [5, 5.41) is 3.68. The minimum Gasteiger partial charge on any atom is -0.353 e. The molecule has 3 heteroatoms. The molecule has 3 atom stereocenters. The van der Waals surface area contributed by atoms with Crippen LogP contribution in [-0.2, 0) is 6.54 Å². The Bertz CT molecular complexity index is 383. The largest absolute Gasteiger partial charge is 0.353 e. The van der Waals surface area contributed by atoms with Gasteiger partial charge >= 0.3 is 0 Å². The lowest BCUT2D eigenvalue weighted by atomic mass is 9.95. The zero-order chi connectivity index (χ0) is 11.8. The molecule has 0 radical (unpaired) electrons. The summed E-state index contributed by atoms with van der Waals surface area (Å²) in [6.07, 6.45) is 9.70. The molecule has 0 spiro atoms. The van der Waals surface area contributed by atoms with Crippen LogP contribution in [-0.4, -0.2) is 15.6 Å². The summed E-state index contributed by atoms with van der Waals surface area (Å²) < 4.78 is 2.26. The van der Waals surface area contributed by atoms with E-state index in [1.807, 2.05) is 6.20 Å². The predicted octanol–water partition coefficient (Wildman–Crippen LogP) is 3.14. The van der Waals surface area contributed by atoms with Gasteiger partial charge in [0.1, 0.15) is 0 Å². The maximum Gasteiger partial charge on any atom is 0.203 e. The van der Waals surface area contributed by atoms with E-state index >= 15 is 0 Å². The molecule has 1 heterocycles. The molecule has 2 aliphatic rings. The summed E-state index contributed by atoms with van der Waals surface area (Å²) in [5.74, 6) is 3.65. The van der Waals surface area contributed by atoms with Crippen molar-refractivity contribution in [2.45, 2.75) is 52.1 Å². The number of anilines is 1. The highest BCUT2D eigenvalue weighted by atomic mass is 15.2. The molecule has 94 valence electrons. The Morgan fingerprint density at radius 3 is 2.94 bits per heavy atom. The van der Waals surface area contributed by atoms with Crippen molar-refractivity contribution in [1.82, 2.24) is 9.55 Å². The van der Waals surface area contributed by atoms with Gasteiger partial charge in [0, 0.05) is 25.0 Å². The Hall–Kier alpha value is -0.990. The molecule has 2 aliphatic carbocycles. The molecule has 1 N–H and O–H groups in total. The highest BCUT2D eigenvalue weighted by Crippen LogP contribution is 2.45. The van der Waals surface area contributed by atoms with Crippen LogP contribution in [0.5, 0.6) is 0 Å². The van der Waals surface area contributed by atoms with E-state index in [9.17, 15) is 0 Å². The van der Waals surface area contributed by atoms with Crippen molar-refractivity contribution in [3.05, 3.63) is 12.4 Å². The van der Waals surface area contributed by atoms with E-state index in [0.717, 1.165) is 24.3 Å². The van der Waals surface area contributed by atoms with Gasteiger partial charge in [-0.15, -0.1) is 0 Å². The lowest BCUT2D eigenvalue weighted by molar-refractivity contribution is 0.434. The standard InChI is InChI=1S/C14H23N3/c1-10(2)9-17-6-5-15-14(17)16-13-8-11-3-4-12(13)7-11/h5-6,10-13H,3-4,7-9H2,1-2H3,(H,15,16). The molecule has 0 saturated heterocycles. The van der Waals surface area contributed by atoms with Gasteiger partial charge in [-0.05, 0) is 37.0 Å². The monoisotopic (exact) mass is 233 g/mol. The quantitative estimate of drug-likeness (QED) is 0.866. The van der Waals surface area contributed by atoms with Gasteiger partial charge in [0.05, 0.1) is 0 Å². The van der Waals surface area contributed by atoms with E-state index in [-0.39, 0.29) is 0 Å². The second kappa shape index (κ2) is 4.35. The maximum atomic E-state index is 4.47. The Labute approximate surface area is 104 Å². The Kier molecular flexibility index (Phi) is 2.85. The first-order valence-electron chi connectivity index (χ1n) is 7.00. The molecule has 3 nitrogen and oxygen atoms in total. The average Bonchev–Trinajstić information content (AvgIpc) is 2.95. The number of imidazole rings is 1. The second-order valence-electron chi connectivity index (χ2n) is 6.22. The first kappa shape index (κ1) is 11.1. The summed E-state index contributed by atoms with van der Waals surface area (Å²) in [7, 11) is 0. The molecule has 1 aromatic heterocycles. The number of rotatable bonds is 4. The van der Waals surface area contributed by atoms with Gasteiger partial charge in [0.2, 0.25) is 5.95 Å². The van der Waals surface area contributed by atoms with Gasteiger partial charge in [0.15, 0.2) is 0 Å². The topological polar surface area (TPSA) is 29.9 Å². The fourth-order valence-corrected chi connectivity index (χ4v) is 3.58. The number of hydrogen-bond acceptors (Lipinski definition) is 2. The van der Waals surface area contributed by atoms with Crippen molar-refractivity contribution in [3.63, 3.8) is 0 Å². The molecular weight excluding hydrogens is 210 g/mol. The van der Waals surface area contributed by atoms with Crippen LogP contribution in [0.4, 0.5) is 5.95 Å². The number of nitrogens with one attached hydrogen (secondary N) is 1. The smallest absolute Gasteiger partial charge is 0.203 e. The molecule has 0 aliphatic heterocycles. The molecule has 2 fully saturated rings. The molecule has 0 aromatic carbocycles. The number of hydrogen-bond donors (Lipinski definition) is 1. The zero-order valence-electron chi connectivity index (χ0n) is 10.9. The van der Waals surface area contributed by atoms with Gasteiger partial charge in [-0.3, -0.25) is 0 Å². The predicted molar refractivity (Wildman–Crippen MR) is 69.9 cm³/mol. The van der Waals surface area contributed by atoms with E-state index in [1.165, 1.54) is 25.7 Å². The van der Waals surface area contributed by atoms with Gasteiger partial charge in [0.25, 0.3) is 0 Å². The fraction of sp³-hybridized carbons (Fsp3) is 0.786. The third-order valence-electron chi connectivity index (χ3n) is 4.33. The number of nitrogens with zero attached hydrogens (tertiary/aromatic N) is 2. The van der Waals surface area contributed by atoms with Crippen molar-refractivity contribution < 1.29 is 0 Å². The molecule has 2 saturated carbocycles. The highest BCUT2D eigenvalue weighted by molar-refractivity contribution is 5.29. The summed E-state index contributed by atoms with van der Waals surface area (Å²) in [4.78, 5) is 4.47. The lowest BCUT2D eigenvalue weighted by Crippen LogP contribution is -2.27. The lowest BCUT2D eigenvalue weighted by Gasteiger charge is -2.24. The molecule has 2 bridgehead atoms. The third kappa shape index (κ3) is 2.20. The van der Waals surface area contributed by atoms with E-state index in [4.69, 9.17) is 0 Å². The van der Waals surface area contributed by atoms with Crippen LogP contribution >= 0.6 is 0 Å².